The fourth-order valence-corrected chi connectivity index (χ4v) is 2.05. The van der Waals surface area contributed by atoms with E-state index in [0.717, 1.165) is 19.5 Å². The van der Waals surface area contributed by atoms with E-state index in [1.807, 2.05) is 14.1 Å². The lowest BCUT2D eigenvalue weighted by Crippen LogP contribution is -2.26. The molecule has 0 aliphatic heterocycles. The van der Waals surface area contributed by atoms with Crippen LogP contribution in [0.3, 0.4) is 0 Å². The number of rotatable bonds is 7. The van der Waals surface area contributed by atoms with Crippen LogP contribution in [0.25, 0.3) is 0 Å². The number of carbonyl (C=O) groups is 1. The van der Waals surface area contributed by atoms with E-state index in [4.69, 9.17) is 23.2 Å². The molecule has 0 aliphatic carbocycles. The quantitative estimate of drug-likeness (QED) is 0.619. The second kappa shape index (κ2) is 7.74. The van der Waals surface area contributed by atoms with E-state index in [0.29, 0.717) is 22.2 Å². The Morgan fingerprint density at radius 1 is 1.33 bits per heavy atom. The summed E-state index contributed by atoms with van der Waals surface area (Å²) in [6.45, 7) is 2.12. The van der Waals surface area contributed by atoms with Gasteiger partial charge in [-0.1, -0.05) is 23.2 Å². The van der Waals surface area contributed by atoms with Crippen molar-refractivity contribution in [2.75, 3.05) is 33.7 Å². The molecule has 0 spiro atoms. The molecule has 0 fully saturated rings. The van der Waals surface area contributed by atoms with Crippen LogP contribution in [-0.4, -0.2) is 44.4 Å². The Balaban J connectivity index is 2.36. The molecule has 0 amide bonds. The van der Waals surface area contributed by atoms with Gasteiger partial charge < -0.3 is 10.2 Å². The van der Waals surface area contributed by atoms with Gasteiger partial charge in [-0.2, -0.15) is 0 Å². The number of hydrogen-bond donors (Lipinski definition) is 1. The largest absolute Gasteiger partial charge is 0.310 e. The van der Waals surface area contributed by atoms with Gasteiger partial charge in [0.2, 0.25) is 0 Å². The summed E-state index contributed by atoms with van der Waals surface area (Å²) in [6, 6.07) is 4.92. The van der Waals surface area contributed by atoms with Gasteiger partial charge in [0.15, 0.2) is 5.78 Å². The first-order chi connectivity index (χ1) is 8.50. The molecule has 18 heavy (non-hydrogen) atoms. The SMILES string of the molecule is CN(C)CCCNCC(=O)c1ccc(Cl)cc1Cl. The third-order valence-corrected chi connectivity index (χ3v) is 3.02. The van der Waals surface area contributed by atoms with Crippen molar-refractivity contribution in [1.82, 2.24) is 10.2 Å². The summed E-state index contributed by atoms with van der Waals surface area (Å²) in [6.07, 6.45) is 1.01. The number of ketones is 1. The van der Waals surface area contributed by atoms with Crippen molar-refractivity contribution < 1.29 is 4.79 Å². The summed E-state index contributed by atoms with van der Waals surface area (Å²) in [5.74, 6) is -0.0125. The lowest BCUT2D eigenvalue weighted by molar-refractivity contribution is 0.0991. The molecular weight excluding hydrogens is 271 g/mol. The molecule has 0 saturated heterocycles. The molecule has 0 bridgehead atoms. The highest BCUT2D eigenvalue weighted by Gasteiger charge is 2.09. The maximum atomic E-state index is 11.9. The number of halogens is 2. The zero-order valence-electron chi connectivity index (χ0n) is 10.7. The molecule has 0 heterocycles. The number of benzene rings is 1. The van der Waals surface area contributed by atoms with Crippen molar-refractivity contribution >= 4 is 29.0 Å². The summed E-state index contributed by atoms with van der Waals surface area (Å²) in [7, 11) is 4.05. The van der Waals surface area contributed by atoms with Crippen molar-refractivity contribution in [1.29, 1.82) is 0 Å². The molecular formula is C13H18Cl2N2O. The van der Waals surface area contributed by atoms with Gasteiger partial charge in [0.1, 0.15) is 0 Å². The lowest BCUT2D eigenvalue weighted by atomic mass is 10.1. The molecule has 0 radical (unpaired) electrons. The van der Waals surface area contributed by atoms with Crippen LogP contribution >= 0.6 is 23.2 Å². The van der Waals surface area contributed by atoms with Gasteiger partial charge in [0, 0.05) is 10.6 Å². The summed E-state index contributed by atoms with van der Waals surface area (Å²) in [4.78, 5) is 14.0. The Kier molecular flexibility index (Phi) is 6.65. The first-order valence-electron chi connectivity index (χ1n) is 5.84. The number of carbonyl (C=O) groups excluding carboxylic acids is 1. The summed E-state index contributed by atoms with van der Waals surface area (Å²) in [5, 5.41) is 4.06. The van der Waals surface area contributed by atoms with E-state index in [1.165, 1.54) is 0 Å². The zero-order valence-corrected chi connectivity index (χ0v) is 12.2. The Morgan fingerprint density at radius 2 is 2.06 bits per heavy atom. The van der Waals surface area contributed by atoms with E-state index in [2.05, 4.69) is 10.2 Å². The van der Waals surface area contributed by atoms with E-state index in [1.54, 1.807) is 18.2 Å². The molecule has 100 valence electrons. The molecule has 1 rings (SSSR count). The molecule has 1 aromatic rings. The first kappa shape index (κ1) is 15.4. The van der Waals surface area contributed by atoms with Crippen molar-refractivity contribution in [2.45, 2.75) is 6.42 Å². The molecule has 3 nitrogen and oxygen atoms in total. The summed E-state index contributed by atoms with van der Waals surface area (Å²) < 4.78 is 0. The van der Waals surface area contributed by atoms with Crippen molar-refractivity contribution in [3.8, 4) is 0 Å². The lowest BCUT2D eigenvalue weighted by Gasteiger charge is -2.09. The third kappa shape index (κ3) is 5.36. The topological polar surface area (TPSA) is 32.3 Å². The Hall–Kier alpha value is -0.610. The van der Waals surface area contributed by atoms with E-state index in [9.17, 15) is 4.79 Å². The van der Waals surface area contributed by atoms with Gasteiger partial charge in [-0.3, -0.25) is 4.79 Å². The number of hydrogen-bond acceptors (Lipinski definition) is 3. The van der Waals surface area contributed by atoms with Gasteiger partial charge >= 0.3 is 0 Å². The maximum absolute atomic E-state index is 11.9. The smallest absolute Gasteiger partial charge is 0.178 e. The van der Waals surface area contributed by atoms with Crippen LogP contribution in [0, 0.1) is 0 Å². The van der Waals surface area contributed by atoms with Gasteiger partial charge in [-0.25, -0.2) is 0 Å². The van der Waals surface area contributed by atoms with Gasteiger partial charge in [-0.15, -0.1) is 0 Å². The predicted molar refractivity (Wildman–Crippen MR) is 76.8 cm³/mol. The number of nitrogens with zero attached hydrogens (tertiary/aromatic N) is 1. The minimum absolute atomic E-state index is 0.0125. The maximum Gasteiger partial charge on any atom is 0.178 e. The van der Waals surface area contributed by atoms with Crippen LogP contribution in [0.2, 0.25) is 10.0 Å². The Labute approximate surface area is 118 Å². The van der Waals surface area contributed by atoms with Crippen LogP contribution < -0.4 is 5.32 Å². The summed E-state index contributed by atoms with van der Waals surface area (Å²) in [5.41, 5.74) is 0.515. The molecule has 1 N–H and O–H groups in total. The summed E-state index contributed by atoms with van der Waals surface area (Å²) >= 11 is 11.7. The Morgan fingerprint density at radius 3 is 2.67 bits per heavy atom. The van der Waals surface area contributed by atoms with Crippen molar-refractivity contribution in [3.63, 3.8) is 0 Å². The minimum Gasteiger partial charge on any atom is -0.310 e. The average Bonchev–Trinajstić information content (AvgIpc) is 2.27. The first-order valence-corrected chi connectivity index (χ1v) is 6.60. The average molecular weight is 289 g/mol. The normalized spacial score (nSPS) is 10.9. The number of Topliss-reactive ketones (excluding diaryl/α,β-unsaturated/α-hetero) is 1. The highest BCUT2D eigenvalue weighted by atomic mass is 35.5. The predicted octanol–water partition coefficient (Wildman–Crippen LogP) is 2.72. The van der Waals surface area contributed by atoms with E-state index >= 15 is 0 Å². The van der Waals surface area contributed by atoms with Crippen molar-refractivity contribution in [2.24, 2.45) is 0 Å². The Bertz CT molecular complexity index is 408. The third-order valence-electron chi connectivity index (χ3n) is 2.48. The van der Waals surface area contributed by atoms with Gasteiger partial charge in [-0.05, 0) is 51.8 Å². The second-order valence-electron chi connectivity index (χ2n) is 4.38. The minimum atomic E-state index is -0.0125. The highest BCUT2D eigenvalue weighted by Crippen LogP contribution is 2.21. The van der Waals surface area contributed by atoms with Gasteiger partial charge in [0.05, 0.1) is 11.6 Å². The van der Waals surface area contributed by atoms with Crippen LogP contribution in [-0.2, 0) is 0 Å². The highest BCUT2D eigenvalue weighted by molar-refractivity contribution is 6.36. The fraction of sp³-hybridized carbons (Fsp3) is 0.462. The zero-order chi connectivity index (χ0) is 13.5. The van der Waals surface area contributed by atoms with Crippen LogP contribution in [0.4, 0.5) is 0 Å². The van der Waals surface area contributed by atoms with E-state index in [-0.39, 0.29) is 5.78 Å². The van der Waals surface area contributed by atoms with E-state index < -0.39 is 0 Å². The van der Waals surface area contributed by atoms with Crippen molar-refractivity contribution in [3.05, 3.63) is 33.8 Å². The molecule has 0 aliphatic rings. The molecule has 5 heteroatoms. The molecule has 0 unspecified atom stereocenters. The van der Waals surface area contributed by atoms with Crippen LogP contribution in [0.15, 0.2) is 18.2 Å². The van der Waals surface area contributed by atoms with Crippen LogP contribution in [0.1, 0.15) is 16.8 Å². The molecule has 0 saturated carbocycles. The molecule has 0 aromatic heterocycles. The number of nitrogens with one attached hydrogen (secondary N) is 1. The second-order valence-corrected chi connectivity index (χ2v) is 5.22. The standard InChI is InChI=1S/C13H18Cl2N2O/c1-17(2)7-3-6-16-9-13(18)11-5-4-10(14)8-12(11)15/h4-5,8,16H,3,6-7,9H2,1-2H3. The van der Waals surface area contributed by atoms with Gasteiger partial charge in [0.25, 0.3) is 0 Å². The van der Waals surface area contributed by atoms with Crippen LogP contribution in [0.5, 0.6) is 0 Å². The molecule has 1 aromatic carbocycles. The fourth-order valence-electron chi connectivity index (χ4n) is 1.53. The monoisotopic (exact) mass is 288 g/mol. The molecule has 0 atom stereocenters.